The summed E-state index contributed by atoms with van der Waals surface area (Å²) in [5.74, 6) is 0.636. The molecule has 1 fully saturated rings. The fourth-order valence-electron chi connectivity index (χ4n) is 3.50. The van der Waals surface area contributed by atoms with Gasteiger partial charge in [-0.2, -0.15) is 9.97 Å². The van der Waals surface area contributed by atoms with Crippen LogP contribution >= 0.6 is 0 Å². The van der Waals surface area contributed by atoms with Crippen LogP contribution in [0.1, 0.15) is 13.2 Å². The quantitative estimate of drug-likeness (QED) is 0.560. The molecule has 4 N–H and O–H groups in total. The Morgan fingerprint density at radius 1 is 1.33 bits per heavy atom. The van der Waals surface area contributed by atoms with Crippen molar-refractivity contribution in [1.29, 1.82) is 0 Å². The molecule has 160 valence electrons. The summed E-state index contributed by atoms with van der Waals surface area (Å²) in [4.78, 5) is 14.4. The number of nitrogens with two attached hydrogens (primary N) is 1. The van der Waals surface area contributed by atoms with Crippen LogP contribution in [-0.2, 0) is 4.74 Å². The third-order valence-corrected chi connectivity index (χ3v) is 5.08. The standard InChI is InChI=1S/C19H23FN6O4/c1-19(20)14(28)12(8-29-11-7-5-4-6-10(11)27)30-17(19)26-9-22-13-15(25(2)3)23-18(21)24-16(13)26/h4-7,9,12,14,17,27-28H,8H2,1-3H3,(H2,21,23,24)/t12-,14-,17-,19-/m1/s1. The summed E-state index contributed by atoms with van der Waals surface area (Å²) in [6.45, 7) is 1.08. The minimum absolute atomic E-state index is 0.00601. The highest BCUT2D eigenvalue weighted by atomic mass is 19.1. The maximum absolute atomic E-state index is 15.6. The van der Waals surface area contributed by atoms with Gasteiger partial charge in [0.05, 0.1) is 6.33 Å². The number of rotatable bonds is 5. The molecular weight excluding hydrogens is 395 g/mol. The molecule has 0 aliphatic carbocycles. The summed E-state index contributed by atoms with van der Waals surface area (Å²) in [7, 11) is 3.56. The van der Waals surface area contributed by atoms with Crippen molar-refractivity contribution in [3.05, 3.63) is 30.6 Å². The largest absolute Gasteiger partial charge is 0.504 e. The van der Waals surface area contributed by atoms with Gasteiger partial charge in [0.25, 0.3) is 0 Å². The van der Waals surface area contributed by atoms with Gasteiger partial charge in [-0.1, -0.05) is 12.1 Å². The van der Waals surface area contributed by atoms with Crippen molar-refractivity contribution in [2.75, 3.05) is 31.3 Å². The van der Waals surface area contributed by atoms with Gasteiger partial charge in [0.15, 0.2) is 40.4 Å². The summed E-state index contributed by atoms with van der Waals surface area (Å²) >= 11 is 0. The molecule has 30 heavy (non-hydrogen) atoms. The Hall–Kier alpha value is -3.18. The topological polar surface area (TPSA) is 132 Å². The molecule has 0 radical (unpaired) electrons. The molecular formula is C19H23FN6O4. The van der Waals surface area contributed by atoms with Crippen LogP contribution in [0.15, 0.2) is 30.6 Å². The molecule has 0 spiro atoms. The van der Waals surface area contributed by atoms with E-state index in [9.17, 15) is 10.2 Å². The van der Waals surface area contributed by atoms with Crippen molar-refractivity contribution in [3.63, 3.8) is 0 Å². The summed E-state index contributed by atoms with van der Waals surface area (Å²) in [5, 5.41) is 20.4. The lowest BCUT2D eigenvalue weighted by Crippen LogP contribution is -2.41. The van der Waals surface area contributed by atoms with Crippen molar-refractivity contribution in [3.8, 4) is 11.5 Å². The number of halogens is 1. The second kappa shape index (κ2) is 7.26. The lowest BCUT2D eigenvalue weighted by atomic mass is 9.98. The predicted molar refractivity (Wildman–Crippen MR) is 107 cm³/mol. The Labute approximate surface area is 171 Å². The van der Waals surface area contributed by atoms with E-state index in [0.29, 0.717) is 11.3 Å². The second-order valence-electron chi connectivity index (χ2n) is 7.53. The Bertz CT molecular complexity index is 1070. The zero-order valence-corrected chi connectivity index (χ0v) is 16.7. The number of nitrogens with zero attached hydrogens (tertiary/aromatic N) is 5. The van der Waals surface area contributed by atoms with Gasteiger partial charge in [0, 0.05) is 14.1 Å². The maximum Gasteiger partial charge on any atom is 0.224 e. The summed E-state index contributed by atoms with van der Waals surface area (Å²) in [5.41, 5.74) is 4.37. The second-order valence-corrected chi connectivity index (χ2v) is 7.53. The molecule has 0 unspecified atom stereocenters. The van der Waals surface area contributed by atoms with E-state index >= 15 is 4.39 Å². The van der Waals surface area contributed by atoms with E-state index in [1.807, 2.05) is 0 Å². The average Bonchev–Trinajstić information content (AvgIpc) is 3.19. The van der Waals surface area contributed by atoms with Crippen LogP contribution in [0, 0.1) is 0 Å². The molecule has 1 aliphatic heterocycles. The molecule has 2 aromatic heterocycles. The predicted octanol–water partition coefficient (Wildman–Crippen LogP) is 1.25. The molecule has 10 nitrogen and oxygen atoms in total. The van der Waals surface area contributed by atoms with Crippen molar-refractivity contribution in [2.24, 2.45) is 0 Å². The van der Waals surface area contributed by atoms with Gasteiger partial charge in [0.2, 0.25) is 5.95 Å². The van der Waals surface area contributed by atoms with E-state index in [0.717, 1.165) is 0 Å². The molecule has 0 saturated carbocycles. The highest BCUT2D eigenvalue weighted by Gasteiger charge is 2.55. The van der Waals surface area contributed by atoms with Gasteiger partial charge in [-0.25, -0.2) is 9.37 Å². The number of fused-ring (bicyclic) bond motifs is 1. The minimum Gasteiger partial charge on any atom is -0.504 e. The van der Waals surface area contributed by atoms with Crippen LogP contribution in [0.3, 0.4) is 0 Å². The molecule has 1 aliphatic rings. The third kappa shape index (κ3) is 3.25. The number of para-hydroxylation sites is 2. The van der Waals surface area contributed by atoms with Crippen LogP contribution in [-0.4, -0.2) is 68.3 Å². The van der Waals surface area contributed by atoms with E-state index < -0.39 is 24.1 Å². The first kappa shape index (κ1) is 20.1. The van der Waals surface area contributed by atoms with Gasteiger partial charge in [-0.15, -0.1) is 0 Å². The highest BCUT2D eigenvalue weighted by molar-refractivity contribution is 5.84. The molecule has 1 aromatic carbocycles. The Balaban J connectivity index is 1.64. The normalized spacial score (nSPS) is 26.2. The molecule has 3 heterocycles. The summed E-state index contributed by atoms with van der Waals surface area (Å²) in [6.07, 6.45) is -2.32. The van der Waals surface area contributed by atoms with Crippen molar-refractivity contribution in [1.82, 2.24) is 19.5 Å². The van der Waals surface area contributed by atoms with E-state index in [4.69, 9.17) is 15.2 Å². The number of aromatic hydroxyl groups is 1. The maximum atomic E-state index is 15.6. The average molecular weight is 418 g/mol. The van der Waals surface area contributed by atoms with Crippen molar-refractivity contribution >= 4 is 22.9 Å². The Morgan fingerprint density at radius 2 is 2.07 bits per heavy atom. The van der Waals surface area contributed by atoms with E-state index in [-0.39, 0.29) is 29.7 Å². The lowest BCUT2D eigenvalue weighted by molar-refractivity contribution is -0.0540. The van der Waals surface area contributed by atoms with Crippen molar-refractivity contribution in [2.45, 2.75) is 31.0 Å². The lowest BCUT2D eigenvalue weighted by Gasteiger charge is -2.24. The summed E-state index contributed by atoms with van der Waals surface area (Å²) < 4.78 is 28.3. The number of alkyl halides is 1. The molecule has 4 rings (SSSR count). The number of hydrogen-bond donors (Lipinski definition) is 3. The third-order valence-electron chi connectivity index (χ3n) is 5.08. The number of benzene rings is 1. The van der Waals surface area contributed by atoms with E-state index in [1.165, 1.54) is 23.9 Å². The zero-order chi connectivity index (χ0) is 21.6. The number of ether oxygens (including phenoxy) is 2. The first-order valence-corrected chi connectivity index (χ1v) is 9.30. The molecule has 0 amide bonds. The van der Waals surface area contributed by atoms with Gasteiger partial charge in [0.1, 0.15) is 18.8 Å². The smallest absolute Gasteiger partial charge is 0.224 e. The molecule has 3 aromatic rings. The fourth-order valence-corrected chi connectivity index (χ4v) is 3.50. The van der Waals surface area contributed by atoms with Gasteiger partial charge >= 0.3 is 0 Å². The van der Waals surface area contributed by atoms with E-state index in [1.54, 1.807) is 37.2 Å². The number of hydrogen-bond acceptors (Lipinski definition) is 9. The molecule has 0 bridgehead atoms. The Morgan fingerprint density at radius 3 is 2.77 bits per heavy atom. The minimum atomic E-state index is -2.17. The number of imidazole rings is 1. The fraction of sp³-hybridized carbons (Fsp3) is 0.421. The van der Waals surface area contributed by atoms with Crippen LogP contribution in [0.2, 0.25) is 0 Å². The van der Waals surface area contributed by atoms with Crippen LogP contribution in [0.25, 0.3) is 11.2 Å². The van der Waals surface area contributed by atoms with Crippen LogP contribution in [0.4, 0.5) is 16.2 Å². The highest BCUT2D eigenvalue weighted by Crippen LogP contribution is 2.43. The number of nitrogen functional groups attached to an aromatic ring is 1. The summed E-state index contributed by atoms with van der Waals surface area (Å²) in [6, 6.07) is 6.37. The Kier molecular flexibility index (Phi) is 4.86. The number of phenols is 1. The molecule has 11 heteroatoms. The molecule has 1 saturated heterocycles. The zero-order valence-electron chi connectivity index (χ0n) is 16.7. The van der Waals surface area contributed by atoms with Crippen LogP contribution in [0.5, 0.6) is 11.5 Å². The van der Waals surface area contributed by atoms with Gasteiger partial charge < -0.3 is 30.3 Å². The first-order chi connectivity index (χ1) is 14.2. The van der Waals surface area contributed by atoms with Crippen LogP contribution < -0.4 is 15.4 Å². The number of aliphatic hydroxyl groups excluding tert-OH is 1. The number of anilines is 2. The van der Waals surface area contributed by atoms with Crippen molar-refractivity contribution < 1.29 is 24.1 Å². The van der Waals surface area contributed by atoms with Gasteiger partial charge in [-0.3, -0.25) is 4.57 Å². The number of phenolic OH excluding ortho intramolecular Hbond substituents is 1. The first-order valence-electron chi connectivity index (χ1n) is 9.30. The SMILES string of the molecule is CN(C)c1nc(N)nc2c1ncn2[C@@H]1O[C@H](COc2ccccc2O)[C@@H](O)[C@@]1(C)F. The monoisotopic (exact) mass is 418 g/mol. The van der Waals surface area contributed by atoms with Gasteiger partial charge in [-0.05, 0) is 19.1 Å². The molecule has 4 atom stereocenters. The van der Waals surface area contributed by atoms with E-state index in [2.05, 4.69) is 15.0 Å². The number of aromatic nitrogens is 4. The number of aliphatic hydroxyl groups is 1.